The fourth-order valence-corrected chi connectivity index (χ4v) is 5.73. The molecular formula is C21H28N4O4S. The number of carbonyl (C=O) groups is 1. The van der Waals surface area contributed by atoms with Gasteiger partial charge in [-0.05, 0) is 62.0 Å². The van der Waals surface area contributed by atoms with Crippen molar-refractivity contribution in [3.63, 3.8) is 0 Å². The molecule has 1 unspecified atom stereocenters. The summed E-state index contributed by atoms with van der Waals surface area (Å²) in [6.45, 7) is 7.30. The molecule has 2 fully saturated rings. The lowest BCUT2D eigenvalue weighted by Crippen LogP contribution is -2.46. The molecule has 9 heteroatoms. The molecular weight excluding hydrogens is 404 g/mol. The van der Waals surface area contributed by atoms with Crippen LogP contribution in [0.25, 0.3) is 0 Å². The van der Waals surface area contributed by atoms with Crippen molar-refractivity contribution >= 4 is 15.7 Å². The lowest BCUT2D eigenvalue weighted by Gasteiger charge is -2.27. The van der Waals surface area contributed by atoms with Crippen LogP contribution in [0.3, 0.4) is 0 Å². The molecule has 2 aromatic rings. The SMILES string of the molecule is Cc1nc(C(C)(NC(=O)c2ccc(C3CC3)c(S(=O)(=O)CC(C)C)n2)C2CC2)no1. The average Bonchev–Trinajstić information content (AvgIpc) is 3.58. The summed E-state index contributed by atoms with van der Waals surface area (Å²) in [6.07, 6.45) is 3.81. The molecule has 2 aliphatic rings. The van der Waals surface area contributed by atoms with Crippen molar-refractivity contribution in [1.82, 2.24) is 20.4 Å². The Morgan fingerprint density at radius 3 is 2.47 bits per heavy atom. The number of aromatic nitrogens is 3. The van der Waals surface area contributed by atoms with Gasteiger partial charge in [0.1, 0.15) is 11.2 Å². The first-order chi connectivity index (χ1) is 14.1. The quantitative estimate of drug-likeness (QED) is 0.681. The molecule has 2 aromatic heterocycles. The highest BCUT2D eigenvalue weighted by molar-refractivity contribution is 7.91. The van der Waals surface area contributed by atoms with Gasteiger partial charge in [-0.15, -0.1) is 0 Å². The van der Waals surface area contributed by atoms with Gasteiger partial charge in [0.2, 0.25) is 5.89 Å². The van der Waals surface area contributed by atoms with E-state index in [1.807, 2.05) is 20.8 Å². The number of rotatable bonds is 8. The maximum Gasteiger partial charge on any atom is 0.270 e. The first kappa shape index (κ1) is 21.0. The van der Waals surface area contributed by atoms with Crippen LogP contribution < -0.4 is 5.32 Å². The minimum Gasteiger partial charge on any atom is -0.340 e. The van der Waals surface area contributed by atoms with Gasteiger partial charge in [-0.2, -0.15) is 4.98 Å². The number of nitrogens with one attached hydrogen (secondary N) is 1. The molecule has 8 nitrogen and oxygen atoms in total. The van der Waals surface area contributed by atoms with Gasteiger partial charge in [0.05, 0.1) is 5.75 Å². The zero-order valence-corrected chi connectivity index (χ0v) is 18.6. The van der Waals surface area contributed by atoms with Crippen LogP contribution in [0.15, 0.2) is 21.7 Å². The predicted molar refractivity (Wildman–Crippen MR) is 110 cm³/mol. The highest BCUT2D eigenvalue weighted by Crippen LogP contribution is 2.45. The largest absolute Gasteiger partial charge is 0.340 e. The summed E-state index contributed by atoms with van der Waals surface area (Å²) < 4.78 is 31.1. The molecule has 1 N–H and O–H groups in total. The molecule has 0 bridgehead atoms. The number of amides is 1. The smallest absolute Gasteiger partial charge is 0.270 e. The van der Waals surface area contributed by atoms with Crippen molar-refractivity contribution in [3.8, 4) is 0 Å². The van der Waals surface area contributed by atoms with Crippen LogP contribution in [0.4, 0.5) is 0 Å². The fraction of sp³-hybridized carbons (Fsp3) is 0.619. The third kappa shape index (κ3) is 4.12. The van der Waals surface area contributed by atoms with Crippen LogP contribution in [0.1, 0.15) is 80.1 Å². The van der Waals surface area contributed by atoms with Gasteiger partial charge in [-0.25, -0.2) is 13.4 Å². The monoisotopic (exact) mass is 432 g/mol. The zero-order chi connectivity index (χ0) is 21.7. The number of aryl methyl sites for hydroxylation is 1. The average molecular weight is 433 g/mol. The van der Waals surface area contributed by atoms with Gasteiger partial charge in [0.15, 0.2) is 20.7 Å². The van der Waals surface area contributed by atoms with E-state index in [1.54, 1.807) is 19.1 Å². The lowest BCUT2D eigenvalue weighted by atomic mass is 9.94. The Morgan fingerprint density at radius 1 is 1.23 bits per heavy atom. The minimum atomic E-state index is -3.58. The van der Waals surface area contributed by atoms with Crippen LogP contribution in [0.5, 0.6) is 0 Å². The molecule has 30 heavy (non-hydrogen) atoms. The Kier molecular flexibility index (Phi) is 5.20. The van der Waals surface area contributed by atoms with Gasteiger partial charge < -0.3 is 9.84 Å². The second kappa shape index (κ2) is 7.44. The van der Waals surface area contributed by atoms with E-state index in [2.05, 4.69) is 20.4 Å². The molecule has 2 heterocycles. The molecule has 1 atom stereocenters. The molecule has 162 valence electrons. The summed E-state index contributed by atoms with van der Waals surface area (Å²) in [7, 11) is -3.58. The van der Waals surface area contributed by atoms with E-state index >= 15 is 0 Å². The van der Waals surface area contributed by atoms with Gasteiger partial charge in [0.25, 0.3) is 5.91 Å². The van der Waals surface area contributed by atoms with Crippen LogP contribution in [-0.2, 0) is 15.4 Å². The van der Waals surface area contributed by atoms with Crippen molar-refractivity contribution in [2.45, 2.75) is 69.9 Å². The normalized spacial score (nSPS) is 19.0. The fourth-order valence-electron chi connectivity index (χ4n) is 3.86. The second-order valence-electron chi connectivity index (χ2n) is 9.11. The second-order valence-corrected chi connectivity index (χ2v) is 11.1. The lowest BCUT2D eigenvalue weighted by molar-refractivity contribution is 0.0879. The van der Waals surface area contributed by atoms with Gasteiger partial charge >= 0.3 is 0 Å². The maximum atomic E-state index is 13.1. The number of nitrogens with zero attached hydrogens (tertiary/aromatic N) is 3. The Morgan fingerprint density at radius 2 is 1.93 bits per heavy atom. The Balaban J connectivity index is 1.66. The van der Waals surface area contributed by atoms with Crippen molar-refractivity contribution in [2.75, 3.05) is 5.75 Å². The number of pyridine rings is 1. The maximum absolute atomic E-state index is 13.1. The molecule has 0 aliphatic heterocycles. The highest BCUT2D eigenvalue weighted by Gasteiger charge is 2.47. The molecule has 0 saturated heterocycles. The van der Waals surface area contributed by atoms with Gasteiger partial charge in [0, 0.05) is 6.92 Å². The van der Waals surface area contributed by atoms with E-state index in [0.717, 1.165) is 31.2 Å². The van der Waals surface area contributed by atoms with E-state index in [9.17, 15) is 13.2 Å². The van der Waals surface area contributed by atoms with Crippen molar-refractivity contribution in [2.24, 2.45) is 11.8 Å². The van der Waals surface area contributed by atoms with Gasteiger partial charge in [-0.3, -0.25) is 4.79 Å². The predicted octanol–water partition coefficient (Wildman–Crippen LogP) is 3.14. The van der Waals surface area contributed by atoms with Crippen molar-refractivity contribution in [3.05, 3.63) is 35.1 Å². The third-order valence-electron chi connectivity index (χ3n) is 5.75. The van der Waals surface area contributed by atoms with E-state index < -0.39 is 21.3 Å². The number of hydrogen-bond acceptors (Lipinski definition) is 7. The summed E-state index contributed by atoms with van der Waals surface area (Å²) in [5.41, 5.74) is 0.0302. The van der Waals surface area contributed by atoms with Crippen molar-refractivity contribution < 1.29 is 17.7 Å². The Hall–Kier alpha value is -2.29. The Labute approximate surface area is 176 Å². The molecule has 1 amide bonds. The molecule has 0 aromatic carbocycles. The topological polar surface area (TPSA) is 115 Å². The molecule has 4 rings (SSSR count). The number of hydrogen-bond donors (Lipinski definition) is 1. The highest BCUT2D eigenvalue weighted by atomic mass is 32.2. The molecule has 2 aliphatic carbocycles. The minimum absolute atomic E-state index is 0.00666. The molecule has 0 spiro atoms. The van der Waals surface area contributed by atoms with E-state index in [1.165, 1.54) is 0 Å². The Bertz CT molecular complexity index is 1070. The van der Waals surface area contributed by atoms with Crippen LogP contribution in [-0.4, -0.2) is 35.2 Å². The van der Waals surface area contributed by atoms with Crippen LogP contribution in [0, 0.1) is 18.8 Å². The van der Waals surface area contributed by atoms with E-state index in [4.69, 9.17) is 4.52 Å². The van der Waals surface area contributed by atoms with Crippen molar-refractivity contribution in [1.29, 1.82) is 0 Å². The van der Waals surface area contributed by atoms with Crippen LogP contribution in [0.2, 0.25) is 0 Å². The van der Waals surface area contributed by atoms with Crippen LogP contribution >= 0.6 is 0 Å². The summed E-state index contributed by atoms with van der Waals surface area (Å²) in [6, 6.07) is 3.37. The van der Waals surface area contributed by atoms with E-state index in [-0.39, 0.29) is 34.2 Å². The standard InChI is InChI=1S/C21H28N4O4S/c1-12(2)11-30(27,28)19-16(14-5-6-14)9-10-17(23-19)18(26)24-21(4,15-7-8-15)20-22-13(3)29-25-20/h9-10,12,14-15H,5-8,11H2,1-4H3,(H,24,26). The summed E-state index contributed by atoms with van der Waals surface area (Å²) in [4.78, 5) is 21.8. The third-order valence-corrected chi connectivity index (χ3v) is 7.77. The molecule has 0 radical (unpaired) electrons. The summed E-state index contributed by atoms with van der Waals surface area (Å²) in [5.74, 6) is 0.820. The van der Waals surface area contributed by atoms with E-state index in [0.29, 0.717) is 11.7 Å². The summed E-state index contributed by atoms with van der Waals surface area (Å²) >= 11 is 0. The number of sulfone groups is 1. The zero-order valence-electron chi connectivity index (χ0n) is 17.8. The summed E-state index contributed by atoms with van der Waals surface area (Å²) in [5, 5.41) is 7.07. The first-order valence-electron chi connectivity index (χ1n) is 10.5. The molecule has 2 saturated carbocycles. The number of carbonyl (C=O) groups excluding carboxylic acids is 1. The van der Waals surface area contributed by atoms with Gasteiger partial charge in [-0.1, -0.05) is 25.1 Å². The first-order valence-corrected chi connectivity index (χ1v) is 12.1.